The van der Waals surface area contributed by atoms with E-state index in [9.17, 15) is 4.79 Å². The smallest absolute Gasteiger partial charge is 0.260 e. The molecular weight excluding hydrogens is 274 g/mol. The zero-order chi connectivity index (χ0) is 13.9. The van der Waals surface area contributed by atoms with Crippen molar-refractivity contribution in [2.45, 2.75) is 19.8 Å². The fourth-order valence-electron chi connectivity index (χ4n) is 2.52. The number of hydrogen-bond donors (Lipinski definition) is 0. The Balaban J connectivity index is 1.64. The molecule has 0 aliphatic carbocycles. The zero-order valence-corrected chi connectivity index (χ0v) is 12.2. The second-order valence-corrected chi connectivity index (χ2v) is 6.09. The first-order valence-corrected chi connectivity index (χ1v) is 7.71. The van der Waals surface area contributed by atoms with E-state index in [1.54, 1.807) is 0 Å². The number of aromatic nitrogens is 2. The molecule has 2 aromatic rings. The number of rotatable bonds is 3. The van der Waals surface area contributed by atoms with Crippen molar-refractivity contribution in [3.63, 3.8) is 0 Å². The van der Waals surface area contributed by atoms with E-state index in [0.29, 0.717) is 11.8 Å². The van der Waals surface area contributed by atoms with Crippen LogP contribution in [-0.4, -0.2) is 40.5 Å². The maximum absolute atomic E-state index is 12.2. The van der Waals surface area contributed by atoms with E-state index in [0.717, 1.165) is 29.7 Å². The van der Waals surface area contributed by atoms with Gasteiger partial charge >= 0.3 is 0 Å². The third kappa shape index (κ3) is 2.75. The van der Waals surface area contributed by atoms with Crippen LogP contribution in [0.3, 0.4) is 0 Å². The second kappa shape index (κ2) is 5.75. The van der Waals surface area contributed by atoms with E-state index >= 15 is 0 Å². The molecule has 3 rings (SSSR count). The lowest BCUT2D eigenvalue weighted by molar-refractivity contribution is -0.135. The van der Waals surface area contributed by atoms with Crippen molar-refractivity contribution in [2.24, 2.45) is 5.92 Å². The quantitative estimate of drug-likeness (QED) is 0.871. The minimum atomic E-state index is 0.0403. The molecule has 106 valence electrons. The number of carbonyl (C=O) groups is 1. The molecule has 0 saturated carbocycles. The highest BCUT2D eigenvalue weighted by atomic mass is 32.1. The van der Waals surface area contributed by atoms with Gasteiger partial charge in [-0.25, -0.2) is 9.97 Å². The highest BCUT2D eigenvalue weighted by Crippen LogP contribution is 2.25. The molecule has 0 spiro atoms. The fourth-order valence-corrected chi connectivity index (χ4v) is 3.24. The summed E-state index contributed by atoms with van der Waals surface area (Å²) < 4.78 is 5.59. The first-order valence-electron chi connectivity index (χ1n) is 6.83. The molecule has 0 aromatic carbocycles. The second-order valence-electron chi connectivity index (χ2n) is 5.19. The van der Waals surface area contributed by atoms with Gasteiger partial charge in [-0.15, -0.1) is 11.3 Å². The van der Waals surface area contributed by atoms with Gasteiger partial charge in [-0.2, -0.15) is 0 Å². The van der Waals surface area contributed by atoms with Crippen molar-refractivity contribution in [1.82, 2.24) is 14.9 Å². The zero-order valence-electron chi connectivity index (χ0n) is 11.4. The van der Waals surface area contributed by atoms with Gasteiger partial charge in [0.15, 0.2) is 6.61 Å². The third-order valence-electron chi connectivity index (χ3n) is 3.57. The molecule has 1 saturated heterocycles. The standard InChI is InChI=1S/C14H17N3O2S/c1-10-3-2-5-17(7-10)12(18)8-19-13-11-4-6-20-14(11)16-9-15-13/h4,6,9-10H,2-3,5,7-8H2,1H3/t10-/m0/s1. The predicted octanol–water partition coefficient (Wildman–Crippen LogP) is 2.33. The highest BCUT2D eigenvalue weighted by molar-refractivity contribution is 7.16. The largest absolute Gasteiger partial charge is 0.467 e. The molecule has 6 heteroatoms. The van der Waals surface area contributed by atoms with Gasteiger partial charge in [-0.05, 0) is 30.2 Å². The van der Waals surface area contributed by atoms with Crippen LogP contribution in [-0.2, 0) is 4.79 Å². The molecule has 0 unspecified atom stereocenters. The molecule has 20 heavy (non-hydrogen) atoms. The highest BCUT2D eigenvalue weighted by Gasteiger charge is 2.21. The van der Waals surface area contributed by atoms with Crippen LogP contribution in [0.2, 0.25) is 0 Å². The molecule has 3 heterocycles. The summed E-state index contributed by atoms with van der Waals surface area (Å²) in [4.78, 5) is 23.2. The molecule has 1 amide bonds. The SMILES string of the molecule is C[C@H]1CCCN(C(=O)COc2ncnc3sccc23)C1. The maximum atomic E-state index is 12.2. The first kappa shape index (κ1) is 13.3. The number of hydrogen-bond acceptors (Lipinski definition) is 5. The molecule has 2 aromatic heterocycles. The average molecular weight is 291 g/mol. The van der Waals surface area contributed by atoms with E-state index in [1.807, 2.05) is 16.3 Å². The topological polar surface area (TPSA) is 55.3 Å². The van der Waals surface area contributed by atoms with Gasteiger partial charge in [0.2, 0.25) is 5.88 Å². The lowest BCUT2D eigenvalue weighted by Crippen LogP contribution is -2.41. The van der Waals surface area contributed by atoms with Gasteiger partial charge in [-0.1, -0.05) is 6.92 Å². The molecule has 1 aliphatic rings. The summed E-state index contributed by atoms with van der Waals surface area (Å²) in [6.45, 7) is 3.90. The minimum Gasteiger partial charge on any atom is -0.467 e. The van der Waals surface area contributed by atoms with Crippen LogP contribution in [0.1, 0.15) is 19.8 Å². The molecule has 1 fully saturated rings. The molecule has 0 radical (unpaired) electrons. The Bertz CT molecular complexity index is 613. The monoisotopic (exact) mass is 291 g/mol. The molecule has 5 nitrogen and oxygen atoms in total. The third-order valence-corrected chi connectivity index (χ3v) is 4.39. The van der Waals surface area contributed by atoms with E-state index < -0.39 is 0 Å². The van der Waals surface area contributed by atoms with E-state index in [4.69, 9.17) is 4.74 Å². The Hall–Kier alpha value is -1.69. The number of thiophene rings is 1. The van der Waals surface area contributed by atoms with Crippen LogP contribution in [0.5, 0.6) is 5.88 Å². The number of nitrogens with zero attached hydrogens (tertiary/aromatic N) is 3. The summed E-state index contributed by atoms with van der Waals surface area (Å²) in [7, 11) is 0. The van der Waals surface area contributed by atoms with E-state index in [-0.39, 0.29) is 12.5 Å². The van der Waals surface area contributed by atoms with Crippen molar-refractivity contribution in [3.05, 3.63) is 17.8 Å². The van der Waals surface area contributed by atoms with Crippen molar-refractivity contribution in [2.75, 3.05) is 19.7 Å². The number of ether oxygens (including phenoxy) is 1. The molecule has 1 aliphatic heterocycles. The summed E-state index contributed by atoms with van der Waals surface area (Å²) in [5.74, 6) is 1.11. The molecule has 0 bridgehead atoms. The van der Waals surface area contributed by atoms with Crippen molar-refractivity contribution >= 4 is 27.5 Å². The van der Waals surface area contributed by atoms with Gasteiger partial charge in [-0.3, -0.25) is 4.79 Å². The van der Waals surface area contributed by atoms with Crippen molar-refractivity contribution in [3.8, 4) is 5.88 Å². The lowest BCUT2D eigenvalue weighted by atomic mass is 10.0. The lowest BCUT2D eigenvalue weighted by Gasteiger charge is -2.30. The van der Waals surface area contributed by atoms with Crippen LogP contribution in [0, 0.1) is 5.92 Å². The molecular formula is C14H17N3O2S. The molecule has 1 atom stereocenters. The number of piperidine rings is 1. The Morgan fingerprint density at radius 2 is 2.45 bits per heavy atom. The number of amides is 1. The van der Waals surface area contributed by atoms with Gasteiger partial charge in [0.1, 0.15) is 11.2 Å². The van der Waals surface area contributed by atoms with Crippen LogP contribution >= 0.6 is 11.3 Å². The summed E-state index contributed by atoms with van der Waals surface area (Å²) in [6, 6.07) is 1.92. The summed E-state index contributed by atoms with van der Waals surface area (Å²) >= 11 is 1.54. The van der Waals surface area contributed by atoms with Crippen LogP contribution in [0.25, 0.3) is 10.2 Å². The van der Waals surface area contributed by atoms with Crippen LogP contribution in [0.4, 0.5) is 0 Å². The van der Waals surface area contributed by atoms with Gasteiger partial charge in [0.05, 0.1) is 5.39 Å². The Morgan fingerprint density at radius 3 is 3.30 bits per heavy atom. The summed E-state index contributed by atoms with van der Waals surface area (Å²) in [5, 5.41) is 2.82. The van der Waals surface area contributed by atoms with E-state index in [1.165, 1.54) is 24.1 Å². The van der Waals surface area contributed by atoms with Crippen LogP contribution in [0.15, 0.2) is 17.8 Å². The Morgan fingerprint density at radius 1 is 1.55 bits per heavy atom. The molecule has 0 N–H and O–H groups in total. The summed E-state index contributed by atoms with van der Waals surface area (Å²) in [6.07, 6.45) is 3.75. The van der Waals surface area contributed by atoms with E-state index in [2.05, 4.69) is 16.9 Å². The normalized spacial score (nSPS) is 19.2. The fraction of sp³-hybridized carbons (Fsp3) is 0.500. The number of carbonyl (C=O) groups excluding carboxylic acids is 1. The van der Waals surface area contributed by atoms with Crippen molar-refractivity contribution < 1.29 is 9.53 Å². The number of likely N-dealkylation sites (tertiary alicyclic amines) is 1. The predicted molar refractivity (Wildman–Crippen MR) is 77.9 cm³/mol. The minimum absolute atomic E-state index is 0.0403. The summed E-state index contributed by atoms with van der Waals surface area (Å²) in [5.41, 5.74) is 0. The number of fused-ring (bicyclic) bond motifs is 1. The average Bonchev–Trinajstić information content (AvgIpc) is 2.93. The Labute approximate surface area is 121 Å². The first-order chi connectivity index (χ1) is 9.74. The van der Waals surface area contributed by atoms with Crippen molar-refractivity contribution in [1.29, 1.82) is 0 Å². The van der Waals surface area contributed by atoms with Gasteiger partial charge in [0.25, 0.3) is 5.91 Å². The van der Waals surface area contributed by atoms with Crippen LogP contribution < -0.4 is 4.74 Å². The van der Waals surface area contributed by atoms with Gasteiger partial charge in [0, 0.05) is 13.1 Å². The maximum Gasteiger partial charge on any atom is 0.260 e. The van der Waals surface area contributed by atoms with Gasteiger partial charge < -0.3 is 9.64 Å². The Kier molecular flexibility index (Phi) is 3.82.